The van der Waals surface area contributed by atoms with Crippen LogP contribution in [0.5, 0.6) is 5.75 Å². The van der Waals surface area contributed by atoms with Crippen molar-refractivity contribution in [3.05, 3.63) is 29.3 Å². The average Bonchev–Trinajstić information content (AvgIpc) is 2.60. The zero-order chi connectivity index (χ0) is 18.7. The lowest BCUT2D eigenvalue weighted by Gasteiger charge is -2.13. The molecule has 1 rings (SSSR count). The van der Waals surface area contributed by atoms with Gasteiger partial charge in [0, 0.05) is 26.7 Å². The highest BCUT2D eigenvalue weighted by Crippen LogP contribution is 2.19. The molecule has 0 spiro atoms. The number of guanidine groups is 1. The van der Waals surface area contributed by atoms with Crippen molar-refractivity contribution in [2.75, 3.05) is 39.5 Å². The first-order valence-corrected chi connectivity index (χ1v) is 10.1. The van der Waals surface area contributed by atoms with Gasteiger partial charge in [-0.15, -0.1) is 0 Å². The normalized spacial score (nSPS) is 12.1. The number of aliphatic imine (C=N–C) groups is 1. The van der Waals surface area contributed by atoms with Gasteiger partial charge in [-0.25, -0.2) is 13.1 Å². The van der Waals surface area contributed by atoms with E-state index in [9.17, 15) is 8.42 Å². The van der Waals surface area contributed by atoms with Crippen LogP contribution in [-0.2, 0) is 16.4 Å². The van der Waals surface area contributed by atoms with E-state index >= 15 is 0 Å². The number of hydrogen-bond donors (Lipinski definition) is 3. The zero-order valence-corrected chi connectivity index (χ0v) is 16.4. The maximum Gasteiger partial charge on any atom is 0.211 e. The van der Waals surface area contributed by atoms with Crippen LogP contribution in [0.1, 0.15) is 24.5 Å². The van der Waals surface area contributed by atoms with Crippen molar-refractivity contribution in [1.29, 1.82) is 0 Å². The summed E-state index contributed by atoms with van der Waals surface area (Å²) in [6.45, 7) is 5.46. The van der Waals surface area contributed by atoms with Gasteiger partial charge >= 0.3 is 0 Å². The Morgan fingerprint density at radius 1 is 1.20 bits per heavy atom. The van der Waals surface area contributed by atoms with Gasteiger partial charge in [-0.3, -0.25) is 4.99 Å². The van der Waals surface area contributed by atoms with E-state index in [0.717, 1.165) is 24.3 Å². The lowest BCUT2D eigenvalue weighted by atomic mass is 10.1. The molecule has 0 aliphatic heterocycles. The number of methoxy groups -OCH3 is 1. The Morgan fingerprint density at radius 3 is 2.56 bits per heavy atom. The molecule has 3 N–H and O–H groups in total. The molecule has 7 nitrogen and oxygen atoms in total. The van der Waals surface area contributed by atoms with E-state index in [0.29, 0.717) is 25.5 Å². The minimum Gasteiger partial charge on any atom is -0.496 e. The molecule has 1 aromatic carbocycles. The first-order valence-electron chi connectivity index (χ1n) is 8.47. The largest absolute Gasteiger partial charge is 0.496 e. The van der Waals surface area contributed by atoms with Crippen molar-refractivity contribution in [3.8, 4) is 5.75 Å². The van der Waals surface area contributed by atoms with Crippen molar-refractivity contribution in [2.45, 2.75) is 26.7 Å². The van der Waals surface area contributed by atoms with Gasteiger partial charge in [-0.2, -0.15) is 0 Å². The average molecular weight is 371 g/mol. The van der Waals surface area contributed by atoms with Crippen LogP contribution in [0.4, 0.5) is 0 Å². The number of benzene rings is 1. The second-order valence-electron chi connectivity index (χ2n) is 5.64. The number of ether oxygens (including phenoxy) is 1. The number of hydrogen-bond acceptors (Lipinski definition) is 4. The van der Waals surface area contributed by atoms with Gasteiger partial charge < -0.3 is 15.4 Å². The molecule has 0 bridgehead atoms. The number of nitrogens with one attached hydrogen (secondary N) is 3. The lowest BCUT2D eigenvalue weighted by molar-refractivity contribution is 0.409. The maximum atomic E-state index is 11.3. The third-order valence-electron chi connectivity index (χ3n) is 3.69. The van der Waals surface area contributed by atoms with Crippen LogP contribution in [0.3, 0.4) is 0 Å². The summed E-state index contributed by atoms with van der Waals surface area (Å²) in [4.78, 5) is 4.17. The Labute approximate surface area is 151 Å². The van der Waals surface area contributed by atoms with Crippen molar-refractivity contribution in [3.63, 3.8) is 0 Å². The van der Waals surface area contributed by atoms with Crippen LogP contribution in [0.15, 0.2) is 23.2 Å². The van der Waals surface area contributed by atoms with Gasteiger partial charge in [-0.1, -0.05) is 17.7 Å². The fourth-order valence-electron chi connectivity index (χ4n) is 2.26. The molecule has 0 saturated carbocycles. The van der Waals surface area contributed by atoms with Crippen LogP contribution in [0.2, 0.25) is 0 Å². The zero-order valence-electron chi connectivity index (χ0n) is 15.6. The minimum atomic E-state index is -3.12. The van der Waals surface area contributed by atoms with Crippen LogP contribution < -0.4 is 20.1 Å². The molecule has 0 aliphatic carbocycles. The summed E-state index contributed by atoms with van der Waals surface area (Å²) in [7, 11) is 0.270. The van der Waals surface area contributed by atoms with Gasteiger partial charge in [0.15, 0.2) is 5.96 Å². The van der Waals surface area contributed by atoms with Gasteiger partial charge in [0.25, 0.3) is 0 Å². The van der Waals surface area contributed by atoms with E-state index < -0.39 is 10.0 Å². The van der Waals surface area contributed by atoms with Crippen molar-refractivity contribution in [2.24, 2.45) is 4.99 Å². The standard InChI is InChI=1S/C17H30N4O3S/c1-5-25(22,23)21-11-6-10-19-17(18-3)20-12-9-15-13-14(2)7-8-16(15)24-4/h7-8,13,21H,5-6,9-12H2,1-4H3,(H2,18,19,20). The number of rotatable bonds is 10. The molecule has 142 valence electrons. The van der Waals surface area contributed by atoms with Crippen LogP contribution >= 0.6 is 0 Å². The molecule has 0 aliphatic rings. The summed E-state index contributed by atoms with van der Waals surface area (Å²) in [5.41, 5.74) is 2.35. The van der Waals surface area contributed by atoms with E-state index in [1.807, 2.05) is 12.1 Å². The van der Waals surface area contributed by atoms with Gasteiger partial charge in [0.05, 0.1) is 12.9 Å². The number of aryl methyl sites for hydroxylation is 1. The summed E-state index contributed by atoms with van der Waals surface area (Å²) in [6.07, 6.45) is 1.51. The predicted molar refractivity (Wildman–Crippen MR) is 103 cm³/mol. The Balaban J connectivity index is 2.32. The summed E-state index contributed by atoms with van der Waals surface area (Å²) in [6, 6.07) is 6.13. The first-order chi connectivity index (χ1) is 11.9. The third-order valence-corrected chi connectivity index (χ3v) is 5.10. The molecular weight excluding hydrogens is 340 g/mol. The lowest BCUT2D eigenvalue weighted by Crippen LogP contribution is -2.39. The first kappa shape index (κ1) is 21.2. The Hall–Kier alpha value is -1.80. The predicted octanol–water partition coefficient (Wildman–Crippen LogP) is 1.04. The Kier molecular flexibility index (Phi) is 9.30. The molecule has 0 unspecified atom stereocenters. The van der Waals surface area contributed by atoms with Crippen LogP contribution in [0, 0.1) is 6.92 Å². The third kappa shape index (κ3) is 8.22. The van der Waals surface area contributed by atoms with Gasteiger partial charge in [0.2, 0.25) is 10.0 Å². The monoisotopic (exact) mass is 370 g/mol. The highest BCUT2D eigenvalue weighted by atomic mass is 32.2. The van der Waals surface area contributed by atoms with E-state index in [-0.39, 0.29) is 5.75 Å². The molecule has 0 fully saturated rings. The quantitative estimate of drug-likeness (QED) is 0.325. The van der Waals surface area contributed by atoms with Gasteiger partial charge in [-0.05, 0) is 38.3 Å². The second-order valence-corrected chi connectivity index (χ2v) is 7.74. The molecule has 0 aromatic heterocycles. The SMILES string of the molecule is CCS(=O)(=O)NCCCNC(=NC)NCCc1cc(C)ccc1OC. The highest BCUT2D eigenvalue weighted by molar-refractivity contribution is 7.89. The highest BCUT2D eigenvalue weighted by Gasteiger charge is 2.06. The summed E-state index contributed by atoms with van der Waals surface area (Å²) in [5, 5.41) is 6.42. The number of sulfonamides is 1. The Bertz CT molecular complexity index is 660. The molecule has 1 aromatic rings. The van der Waals surface area contributed by atoms with Gasteiger partial charge in [0.1, 0.15) is 5.75 Å². The van der Waals surface area contributed by atoms with Crippen molar-refractivity contribution < 1.29 is 13.2 Å². The topological polar surface area (TPSA) is 91.8 Å². The smallest absolute Gasteiger partial charge is 0.211 e. The van der Waals surface area contributed by atoms with Crippen LogP contribution in [-0.4, -0.2) is 53.9 Å². The number of nitrogens with zero attached hydrogens (tertiary/aromatic N) is 1. The molecule has 8 heteroatoms. The molecule has 0 heterocycles. The maximum absolute atomic E-state index is 11.3. The van der Waals surface area contributed by atoms with Crippen molar-refractivity contribution in [1.82, 2.24) is 15.4 Å². The Morgan fingerprint density at radius 2 is 1.92 bits per heavy atom. The van der Waals surface area contributed by atoms with Crippen molar-refractivity contribution >= 4 is 16.0 Å². The fraction of sp³-hybridized carbons (Fsp3) is 0.588. The second kappa shape index (κ2) is 10.9. The van der Waals surface area contributed by atoms with E-state index in [4.69, 9.17) is 4.74 Å². The van der Waals surface area contributed by atoms with Crippen LogP contribution in [0.25, 0.3) is 0 Å². The molecule has 0 saturated heterocycles. The molecule has 25 heavy (non-hydrogen) atoms. The molecule has 0 amide bonds. The van der Waals surface area contributed by atoms with E-state index in [1.54, 1.807) is 21.1 Å². The van der Waals surface area contributed by atoms with E-state index in [1.165, 1.54) is 5.56 Å². The molecule has 0 radical (unpaired) electrons. The minimum absolute atomic E-state index is 0.103. The fourth-order valence-corrected chi connectivity index (χ4v) is 2.92. The van der Waals surface area contributed by atoms with E-state index in [2.05, 4.69) is 33.3 Å². The summed E-state index contributed by atoms with van der Waals surface area (Å²) >= 11 is 0. The molecular formula is C17H30N4O3S. The summed E-state index contributed by atoms with van der Waals surface area (Å²) in [5.74, 6) is 1.69. The summed E-state index contributed by atoms with van der Waals surface area (Å²) < 4.78 is 30.6. The molecule has 0 atom stereocenters.